The Hall–Kier alpha value is 0.220. The molecule has 1 aromatic rings. The third-order valence-corrected chi connectivity index (χ3v) is 0.667. The summed E-state index contributed by atoms with van der Waals surface area (Å²) in [5, 5.41) is 0. The van der Waals surface area contributed by atoms with E-state index in [-0.39, 0.29) is 29.6 Å². The van der Waals surface area contributed by atoms with Crippen molar-refractivity contribution in [3.05, 3.63) is 36.4 Å². The van der Waals surface area contributed by atoms with Crippen molar-refractivity contribution in [1.82, 2.24) is 0 Å². The van der Waals surface area contributed by atoms with Crippen molar-refractivity contribution in [2.45, 2.75) is 0 Å². The molecule has 0 aromatic heterocycles. The predicted octanol–water partition coefficient (Wildman–Crippen LogP) is 1.04. The molecule has 0 amide bonds. The largest absolute Gasteiger partial charge is 0.0623 e. The minimum atomic E-state index is 0. The quantitative estimate of drug-likeness (QED) is 0.429. The number of hydrogen-bond acceptors (Lipinski definition) is 0. The summed E-state index contributed by atoms with van der Waals surface area (Å²) in [6.45, 7) is 0. The molecule has 0 spiro atoms. The Bertz CT molecular complexity index is 76.1. The van der Waals surface area contributed by atoms with Gasteiger partial charge in [-0.3, -0.25) is 0 Å². The Morgan fingerprint density at radius 3 is 0.714 bits per heavy atom. The van der Waals surface area contributed by atoms with E-state index in [4.69, 9.17) is 0 Å². The first-order chi connectivity index (χ1) is 3.00. The number of hydrogen-bond donors (Lipinski definition) is 0. The van der Waals surface area contributed by atoms with E-state index in [1.807, 2.05) is 36.4 Å². The van der Waals surface area contributed by atoms with Crippen molar-refractivity contribution in [2.75, 3.05) is 0 Å². The third kappa shape index (κ3) is 2.86. The Morgan fingerprint density at radius 2 is 0.571 bits per heavy atom. The van der Waals surface area contributed by atoms with Gasteiger partial charge in [0, 0.05) is 0 Å². The predicted molar refractivity (Wildman–Crippen MR) is 33.6 cm³/mol. The van der Waals surface area contributed by atoms with Crippen LogP contribution in [0.15, 0.2) is 36.4 Å². The second kappa shape index (κ2) is 4.38. The average Bonchev–Trinajstić information content (AvgIpc) is 1.72. The van der Waals surface area contributed by atoms with E-state index in [1.54, 1.807) is 0 Å². The van der Waals surface area contributed by atoms with Crippen LogP contribution in [0.1, 0.15) is 0 Å². The maximum absolute atomic E-state index is 2.00. The molecule has 0 fully saturated rings. The summed E-state index contributed by atoms with van der Waals surface area (Å²) in [7, 11) is 0. The summed E-state index contributed by atoms with van der Waals surface area (Å²) in [4.78, 5) is 0. The molecule has 0 aliphatic carbocycles. The van der Waals surface area contributed by atoms with E-state index < -0.39 is 0 Å². The SMILES string of the molecule is [NaH].c1ccccc1. The molecule has 0 N–H and O–H groups in total. The van der Waals surface area contributed by atoms with Crippen LogP contribution in [0.25, 0.3) is 0 Å². The summed E-state index contributed by atoms with van der Waals surface area (Å²) < 4.78 is 0. The Kier molecular flexibility index (Phi) is 4.52. The molecule has 0 saturated carbocycles. The van der Waals surface area contributed by atoms with Gasteiger partial charge in [-0.1, -0.05) is 36.4 Å². The molecule has 0 saturated heterocycles. The fourth-order valence-electron chi connectivity index (χ4n) is 0.385. The van der Waals surface area contributed by atoms with Crippen LogP contribution in [-0.2, 0) is 0 Å². The molecule has 32 valence electrons. The van der Waals surface area contributed by atoms with Gasteiger partial charge in [0.25, 0.3) is 0 Å². The number of rotatable bonds is 0. The zero-order valence-corrected chi connectivity index (χ0v) is 3.46. The van der Waals surface area contributed by atoms with Crippen LogP contribution in [0.4, 0.5) is 0 Å². The fraction of sp³-hybridized carbons (Fsp3) is 0. The van der Waals surface area contributed by atoms with Crippen molar-refractivity contribution in [1.29, 1.82) is 0 Å². The van der Waals surface area contributed by atoms with Gasteiger partial charge in [-0.2, -0.15) is 0 Å². The topological polar surface area (TPSA) is 0 Å². The molecule has 0 unspecified atom stereocenters. The standard InChI is InChI=1S/C6H6.Na.H/c1-2-4-6-5-3-1;;/h1-6H;;. The van der Waals surface area contributed by atoms with Crippen LogP contribution >= 0.6 is 0 Å². The van der Waals surface area contributed by atoms with Gasteiger partial charge in [-0.15, -0.1) is 0 Å². The van der Waals surface area contributed by atoms with Crippen LogP contribution in [0.3, 0.4) is 0 Å². The van der Waals surface area contributed by atoms with E-state index in [9.17, 15) is 0 Å². The Labute approximate surface area is 65.8 Å². The summed E-state index contributed by atoms with van der Waals surface area (Å²) in [5.41, 5.74) is 0. The van der Waals surface area contributed by atoms with Crippen LogP contribution < -0.4 is 0 Å². The van der Waals surface area contributed by atoms with E-state index in [1.165, 1.54) is 0 Å². The van der Waals surface area contributed by atoms with Crippen molar-refractivity contribution in [3.8, 4) is 0 Å². The van der Waals surface area contributed by atoms with Crippen molar-refractivity contribution in [3.63, 3.8) is 0 Å². The van der Waals surface area contributed by atoms with Gasteiger partial charge in [-0.05, 0) is 0 Å². The first kappa shape index (κ1) is 7.22. The summed E-state index contributed by atoms with van der Waals surface area (Å²) in [6.07, 6.45) is 0. The van der Waals surface area contributed by atoms with Crippen molar-refractivity contribution < 1.29 is 0 Å². The minimum Gasteiger partial charge on any atom is -0.0623 e. The van der Waals surface area contributed by atoms with Crippen LogP contribution in [0.5, 0.6) is 0 Å². The van der Waals surface area contributed by atoms with Crippen LogP contribution in [0.2, 0.25) is 0 Å². The molecule has 0 heterocycles. The van der Waals surface area contributed by atoms with Crippen LogP contribution in [-0.4, -0.2) is 29.6 Å². The third-order valence-electron chi connectivity index (χ3n) is 0.667. The van der Waals surface area contributed by atoms with Gasteiger partial charge in [0.05, 0.1) is 0 Å². The second-order valence-corrected chi connectivity index (χ2v) is 1.15. The van der Waals surface area contributed by atoms with Gasteiger partial charge in [-0.25, -0.2) is 0 Å². The minimum absolute atomic E-state index is 0. The van der Waals surface area contributed by atoms with E-state index >= 15 is 0 Å². The van der Waals surface area contributed by atoms with Gasteiger partial charge in [0.15, 0.2) is 0 Å². The van der Waals surface area contributed by atoms with E-state index in [0.29, 0.717) is 0 Å². The maximum Gasteiger partial charge on any atom is -0.0623 e. The first-order valence-corrected chi connectivity index (χ1v) is 2.00. The molecular weight excluding hydrogens is 95.1 g/mol. The number of benzene rings is 1. The van der Waals surface area contributed by atoms with E-state index in [0.717, 1.165) is 0 Å². The fourth-order valence-corrected chi connectivity index (χ4v) is 0.385. The average molecular weight is 102 g/mol. The molecule has 1 rings (SSSR count). The smallest absolute Gasteiger partial charge is 0.0623 e. The zero-order chi connectivity index (χ0) is 4.24. The molecule has 0 radical (unpaired) electrons. The zero-order valence-electron chi connectivity index (χ0n) is 3.46. The maximum atomic E-state index is 2.00. The first-order valence-electron chi connectivity index (χ1n) is 2.00. The molecule has 0 aliphatic rings. The second-order valence-electron chi connectivity index (χ2n) is 1.15. The normalized spacial score (nSPS) is 6.86. The molecule has 7 heavy (non-hydrogen) atoms. The Balaban J connectivity index is 0.000000360. The monoisotopic (exact) mass is 102 g/mol. The Morgan fingerprint density at radius 1 is 0.429 bits per heavy atom. The van der Waals surface area contributed by atoms with Gasteiger partial charge >= 0.3 is 29.6 Å². The molecule has 0 bridgehead atoms. The summed E-state index contributed by atoms with van der Waals surface area (Å²) in [6, 6.07) is 12.0. The van der Waals surface area contributed by atoms with Gasteiger partial charge in [0.2, 0.25) is 0 Å². The molecular formula is C6H7Na. The molecule has 1 heteroatoms. The van der Waals surface area contributed by atoms with Gasteiger partial charge < -0.3 is 0 Å². The van der Waals surface area contributed by atoms with Crippen LogP contribution in [0, 0.1) is 0 Å². The van der Waals surface area contributed by atoms with Gasteiger partial charge in [0.1, 0.15) is 0 Å². The summed E-state index contributed by atoms with van der Waals surface area (Å²) >= 11 is 0. The van der Waals surface area contributed by atoms with Crippen molar-refractivity contribution in [2.24, 2.45) is 0 Å². The van der Waals surface area contributed by atoms with Crippen molar-refractivity contribution >= 4 is 29.6 Å². The summed E-state index contributed by atoms with van der Waals surface area (Å²) in [5.74, 6) is 0. The molecule has 1 aromatic carbocycles. The molecule has 0 nitrogen and oxygen atoms in total. The molecule has 0 atom stereocenters. The van der Waals surface area contributed by atoms with E-state index in [2.05, 4.69) is 0 Å². The molecule has 0 aliphatic heterocycles.